The number of hydrogen-bond acceptors (Lipinski definition) is 5. The third-order valence-corrected chi connectivity index (χ3v) is 7.49. The third kappa shape index (κ3) is 2.89. The van der Waals surface area contributed by atoms with Gasteiger partial charge in [0.15, 0.2) is 18.1 Å². The number of hydrogen-bond donors (Lipinski definition) is 0. The highest BCUT2D eigenvalue weighted by Crippen LogP contribution is 2.50. The van der Waals surface area contributed by atoms with Gasteiger partial charge in [-0.15, -0.1) is 11.3 Å². The molecule has 2 aromatic heterocycles. The van der Waals surface area contributed by atoms with Gasteiger partial charge in [-0.3, -0.25) is 9.59 Å². The first-order valence-corrected chi connectivity index (χ1v) is 11.9. The Morgan fingerprint density at radius 1 is 1.09 bits per heavy atom. The summed E-state index contributed by atoms with van der Waals surface area (Å²) in [5.41, 5.74) is 1.96. The molecule has 0 saturated carbocycles. The van der Waals surface area contributed by atoms with Crippen LogP contribution in [0.4, 0.5) is 0 Å². The van der Waals surface area contributed by atoms with Crippen molar-refractivity contribution in [2.45, 2.75) is 5.66 Å². The maximum absolute atomic E-state index is 13.9. The minimum absolute atomic E-state index is 0.107. The molecule has 9 heteroatoms. The molecule has 7 nitrogen and oxygen atoms in total. The smallest absolute Gasteiger partial charge is 0.275 e. The van der Waals surface area contributed by atoms with Crippen LogP contribution < -0.4 is 4.73 Å². The number of aromatic nitrogens is 2. The average molecular weight is 489 g/mol. The molecule has 0 bridgehead atoms. The van der Waals surface area contributed by atoms with Gasteiger partial charge in [-0.25, -0.2) is 4.98 Å². The second-order valence-corrected chi connectivity index (χ2v) is 9.42. The predicted molar refractivity (Wildman–Crippen MR) is 127 cm³/mol. The van der Waals surface area contributed by atoms with Gasteiger partial charge in [-0.1, -0.05) is 41.9 Å². The molecule has 2 amide bonds. The van der Waals surface area contributed by atoms with Gasteiger partial charge in [0.25, 0.3) is 11.8 Å². The van der Waals surface area contributed by atoms with E-state index in [1.54, 1.807) is 45.5 Å². The lowest BCUT2D eigenvalue weighted by Gasteiger charge is -2.40. The first-order valence-electron chi connectivity index (χ1n) is 10.6. The second-order valence-electron chi connectivity index (χ2n) is 8.13. The van der Waals surface area contributed by atoms with E-state index in [-0.39, 0.29) is 17.5 Å². The molecule has 168 valence electrons. The number of fused-ring (bicyclic) bond motifs is 3. The SMILES string of the molecule is O=C(c1csc(-c2ccc[n+]([O-])c2)n1)N1CCN2C(=O)c3ccccc3C12c1ccc(Cl)cc1. The van der Waals surface area contributed by atoms with Crippen LogP contribution >= 0.6 is 22.9 Å². The first-order chi connectivity index (χ1) is 16.5. The molecule has 4 heterocycles. The quantitative estimate of drug-likeness (QED) is 0.323. The fourth-order valence-electron chi connectivity index (χ4n) is 4.95. The van der Waals surface area contributed by atoms with Crippen LogP contribution in [0, 0.1) is 5.21 Å². The van der Waals surface area contributed by atoms with Gasteiger partial charge in [0.1, 0.15) is 10.7 Å². The van der Waals surface area contributed by atoms with E-state index in [0.717, 1.165) is 11.1 Å². The highest BCUT2D eigenvalue weighted by atomic mass is 35.5. The minimum atomic E-state index is -1.08. The Morgan fingerprint density at radius 3 is 2.68 bits per heavy atom. The van der Waals surface area contributed by atoms with E-state index in [0.29, 0.717) is 39.0 Å². The maximum atomic E-state index is 13.9. The van der Waals surface area contributed by atoms with E-state index in [1.165, 1.54) is 23.7 Å². The summed E-state index contributed by atoms with van der Waals surface area (Å²) in [6.07, 6.45) is 2.82. The lowest BCUT2D eigenvalue weighted by atomic mass is 9.89. The molecular weight excluding hydrogens is 472 g/mol. The number of nitrogens with zero attached hydrogens (tertiary/aromatic N) is 4. The van der Waals surface area contributed by atoms with Crippen molar-refractivity contribution in [1.82, 2.24) is 14.8 Å². The molecule has 2 aromatic carbocycles. The predicted octanol–water partition coefficient (Wildman–Crippen LogP) is 3.91. The topological polar surface area (TPSA) is 80.5 Å². The molecule has 2 aliphatic rings. The van der Waals surface area contributed by atoms with Gasteiger partial charge in [0.05, 0.1) is 5.56 Å². The lowest BCUT2D eigenvalue weighted by Crippen LogP contribution is -2.51. The summed E-state index contributed by atoms with van der Waals surface area (Å²) >= 11 is 7.46. The standard InChI is InChI=1S/C25H17ClN4O3S/c26-18-9-7-17(8-10-18)25-20-6-2-1-5-19(20)23(31)29(25)12-13-30(25)24(32)21-15-34-22(27-21)16-4-3-11-28(33)14-16/h1-11,14-15H,12-13H2. The van der Waals surface area contributed by atoms with Gasteiger partial charge in [0.2, 0.25) is 0 Å². The summed E-state index contributed by atoms with van der Waals surface area (Å²) in [5.74, 6) is -0.389. The number of rotatable bonds is 3. The normalized spacial score (nSPS) is 18.8. The number of halogens is 1. The number of thiazole rings is 1. The Morgan fingerprint density at radius 2 is 1.88 bits per heavy atom. The van der Waals surface area contributed by atoms with Crippen LogP contribution in [-0.4, -0.2) is 39.7 Å². The number of amides is 2. The summed E-state index contributed by atoms with van der Waals surface area (Å²) in [4.78, 5) is 35.3. The van der Waals surface area contributed by atoms with E-state index < -0.39 is 5.66 Å². The second kappa shape index (κ2) is 7.65. The fraction of sp³-hybridized carbons (Fsp3) is 0.120. The van der Waals surface area contributed by atoms with E-state index in [2.05, 4.69) is 4.98 Å². The van der Waals surface area contributed by atoms with E-state index in [1.807, 2.05) is 30.3 Å². The van der Waals surface area contributed by atoms with Crippen LogP contribution in [0.2, 0.25) is 5.02 Å². The van der Waals surface area contributed by atoms with Gasteiger partial charge in [0, 0.05) is 46.2 Å². The zero-order chi connectivity index (χ0) is 23.4. The Kier molecular flexibility index (Phi) is 4.68. The molecule has 2 aliphatic heterocycles. The molecule has 1 unspecified atom stereocenters. The average Bonchev–Trinajstić information content (AvgIpc) is 3.55. The van der Waals surface area contributed by atoms with Crippen molar-refractivity contribution in [3.8, 4) is 10.6 Å². The number of benzene rings is 2. The van der Waals surface area contributed by atoms with Crippen LogP contribution in [0.25, 0.3) is 10.6 Å². The van der Waals surface area contributed by atoms with Gasteiger partial charge < -0.3 is 15.0 Å². The van der Waals surface area contributed by atoms with E-state index in [4.69, 9.17) is 11.6 Å². The van der Waals surface area contributed by atoms with E-state index >= 15 is 0 Å². The Hall–Kier alpha value is -3.75. The van der Waals surface area contributed by atoms with Gasteiger partial charge in [-0.2, -0.15) is 4.73 Å². The van der Waals surface area contributed by atoms with Crippen LogP contribution in [0.1, 0.15) is 32.0 Å². The van der Waals surface area contributed by atoms with Crippen LogP contribution in [-0.2, 0) is 5.66 Å². The molecule has 4 aromatic rings. The van der Waals surface area contributed by atoms with Crippen LogP contribution in [0.15, 0.2) is 78.4 Å². The van der Waals surface area contributed by atoms with E-state index in [9.17, 15) is 14.8 Å². The maximum Gasteiger partial charge on any atom is 0.275 e. The Balaban J connectivity index is 1.48. The Labute approximate surface area is 204 Å². The summed E-state index contributed by atoms with van der Waals surface area (Å²) < 4.78 is 0.702. The van der Waals surface area contributed by atoms with Crippen molar-refractivity contribution in [2.75, 3.05) is 13.1 Å². The van der Waals surface area contributed by atoms with Crippen molar-refractivity contribution in [3.63, 3.8) is 0 Å². The van der Waals surface area contributed by atoms with Crippen molar-refractivity contribution in [1.29, 1.82) is 0 Å². The highest BCUT2D eigenvalue weighted by molar-refractivity contribution is 7.13. The molecule has 1 saturated heterocycles. The summed E-state index contributed by atoms with van der Waals surface area (Å²) in [7, 11) is 0. The van der Waals surface area contributed by atoms with Crippen molar-refractivity contribution >= 4 is 34.8 Å². The minimum Gasteiger partial charge on any atom is -0.619 e. The highest BCUT2D eigenvalue weighted by Gasteiger charge is 2.59. The summed E-state index contributed by atoms with van der Waals surface area (Å²) in [5, 5.41) is 14.5. The number of carbonyl (C=O) groups is 2. The van der Waals surface area contributed by atoms with Crippen LogP contribution in [0.5, 0.6) is 0 Å². The summed E-state index contributed by atoms with van der Waals surface area (Å²) in [6.45, 7) is 0.758. The number of pyridine rings is 1. The molecule has 0 radical (unpaired) electrons. The zero-order valence-corrected chi connectivity index (χ0v) is 19.3. The molecule has 6 rings (SSSR count). The first kappa shape index (κ1) is 20.8. The molecule has 1 atom stereocenters. The third-order valence-electron chi connectivity index (χ3n) is 6.34. The summed E-state index contributed by atoms with van der Waals surface area (Å²) in [6, 6.07) is 18.1. The molecule has 0 aliphatic carbocycles. The monoisotopic (exact) mass is 488 g/mol. The zero-order valence-electron chi connectivity index (χ0n) is 17.7. The molecule has 1 fully saturated rings. The fourth-order valence-corrected chi connectivity index (χ4v) is 5.86. The van der Waals surface area contributed by atoms with Gasteiger partial charge in [-0.05, 0) is 24.3 Å². The molecule has 34 heavy (non-hydrogen) atoms. The largest absolute Gasteiger partial charge is 0.619 e. The number of carbonyl (C=O) groups excluding carboxylic acids is 2. The molecule has 0 spiro atoms. The lowest BCUT2D eigenvalue weighted by molar-refractivity contribution is -0.604. The molecular formula is C25H17ClN4O3S. The van der Waals surface area contributed by atoms with Crippen molar-refractivity contribution < 1.29 is 14.3 Å². The Bertz CT molecular complexity index is 1450. The molecule has 0 N–H and O–H groups in total. The van der Waals surface area contributed by atoms with Crippen molar-refractivity contribution in [3.05, 3.63) is 111 Å². The van der Waals surface area contributed by atoms with Crippen LogP contribution in [0.3, 0.4) is 0 Å². The van der Waals surface area contributed by atoms with Crippen molar-refractivity contribution in [2.24, 2.45) is 0 Å². The van der Waals surface area contributed by atoms with Gasteiger partial charge >= 0.3 is 0 Å².